The Labute approximate surface area is 157 Å². The molecule has 4 heteroatoms. The summed E-state index contributed by atoms with van der Waals surface area (Å²) in [4.78, 5) is 26.8. The van der Waals surface area contributed by atoms with Gasteiger partial charge in [-0.1, -0.05) is 38.1 Å². The van der Waals surface area contributed by atoms with Crippen molar-refractivity contribution in [1.29, 1.82) is 0 Å². The highest BCUT2D eigenvalue weighted by atomic mass is 16.2. The summed E-state index contributed by atoms with van der Waals surface area (Å²) in [5.74, 6) is 0.816. The fraction of sp³-hybridized carbons (Fsp3) is 0.636. The lowest BCUT2D eigenvalue weighted by Crippen LogP contribution is -2.44. The average Bonchev–Trinajstić information content (AvgIpc) is 3.08. The minimum Gasteiger partial charge on any atom is -0.343 e. The third kappa shape index (κ3) is 4.73. The highest BCUT2D eigenvalue weighted by Gasteiger charge is 2.37. The molecule has 2 fully saturated rings. The summed E-state index contributed by atoms with van der Waals surface area (Å²) in [6.45, 7) is 8.28. The van der Waals surface area contributed by atoms with Gasteiger partial charge in [0.15, 0.2) is 5.78 Å². The minimum absolute atomic E-state index is 0.0721. The Morgan fingerprint density at radius 1 is 1.08 bits per heavy atom. The van der Waals surface area contributed by atoms with Crippen LogP contribution in [-0.2, 0) is 11.2 Å². The number of benzene rings is 1. The van der Waals surface area contributed by atoms with Crippen LogP contribution >= 0.6 is 0 Å². The summed E-state index contributed by atoms with van der Waals surface area (Å²) < 4.78 is 0. The Morgan fingerprint density at radius 2 is 1.77 bits per heavy atom. The lowest BCUT2D eigenvalue weighted by atomic mass is 9.78. The highest BCUT2D eigenvalue weighted by Crippen LogP contribution is 2.37. The van der Waals surface area contributed by atoms with Gasteiger partial charge >= 0.3 is 0 Å². The Hall–Kier alpha value is -1.68. The van der Waals surface area contributed by atoms with E-state index < -0.39 is 0 Å². The highest BCUT2D eigenvalue weighted by molar-refractivity contribution is 5.98. The molecule has 3 rings (SSSR count). The van der Waals surface area contributed by atoms with E-state index in [9.17, 15) is 9.59 Å². The maximum absolute atomic E-state index is 12.5. The molecule has 2 saturated heterocycles. The number of likely N-dealkylation sites (tertiary alicyclic amines) is 1. The normalized spacial score (nSPS) is 19.3. The van der Waals surface area contributed by atoms with Gasteiger partial charge in [0.1, 0.15) is 0 Å². The molecule has 0 atom stereocenters. The second-order valence-corrected chi connectivity index (χ2v) is 8.53. The molecule has 0 bridgehead atoms. The largest absolute Gasteiger partial charge is 0.343 e. The van der Waals surface area contributed by atoms with Gasteiger partial charge in [0, 0.05) is 38.0 Å². The molecule has 0 saturated carbocycles. The van der Waals surface area contributed by atoms with E-state index in [4.69, 9.17) is 0 Å². The zero-order chi connectivity index (χ0) is 18.6. The van der Waals surface area contributed by atoms with Gasteiger partial charge < -0.3 is 10.2 Å². The molecule has 26 heavy (non-hydrogen) atoms. The molecule has 2 heterocycles. The van der Waals surface area contributed by atoms with Crippen LogP contribution in [0.15, 0.2) is 24.3 Å². The van der Waals surface area contributed by atoms with Gasteiger partial charge in [-0.3, -0.25) is 9.59 Å². The molecule has 1 amide bonds. The first-order chi connectivity index (χ1) is 12.5. The third-order valence-electron chi connectivity index (χ3n) is 5.99. The van der Waals surface area contributed by atoms with E-state index in [0.29, 0.717) is 24.2 Å². The SMILES string of the molecule is CC(C)Cc1ccc(C(=O)CCC(=O)N2CCC3(CCNC3)CC2)cc1. The number of Topliss-reactive ketones (excluding diaryl/α,β-unsaturated/α-hetero) is 1. The maximum atomic E-state index is 12.5. The van der Waals surface area contributed by atoms with Crippen LogP contribution in [0.3, 0.4) is 0 Å². The Kier molecular flexibility index (Phi) is 6.13. The van der Waals surface area contributed by atoms with Crippen LogP contribution < -0.4 is 5.32 Å². The number of hydrogen-bond donors (Lipinski definition) is 1. The zero-order valence-corrected chi connectivity index (χ0v) is 16.2. The monoisotopic (exact) mass is 356 g/mol. The van der Waals surface area contributed by atoms with Crippen molar-refractivity contribution in [3.8, 4) is 0 Å². The first kappa shape index (κ1) is 19.1. The molecule has 1 aromatic carbocycles. The standard InChI is InChI=1S/C22H32N2O2/c1-17(2)15-18-3-5-19(6-4-18)20(25)7-8-21(26)24-13-10-22(11-14-24)9-12-23-16-22/h3-6,17,23H,7-16H2,1-2H3. The van der Waals surface area contributed by atoms with Gasteiger partial charge in [-0.05, 0) is 49.1 Å². The number of ketones is 1. The van der Waals surface area contributed by atoms with Crippen molar-refractivity contribution in [1.82, 2.24) is 10.2 Å². The van der Waals surface area contributed by atoms with E-state index in [1.54, 1.807) is 0 Å². The number of piperidine rings is 1. The average molecular weight is 357 g/mol. The summed E-state index contributed by atoms with van der Waals surface area (Å²) in [7, 11) is 0. The van der Waals surface area contributed by atoms with Crippen molar-refractivity contribution in [3.63, 3.8) is 0 Å². The first-order valence-electron chi connectivity index (χ1n) is 10.1. The molecule has 142 valence electrons. The molecular weight excluding hydrogens is 324 g/mol. The molecule has 4 nitrogen and oxygen atoms in total. The molecule has 0 radical (unpaired) electrons. The van der Waals surface area contributed by atoms with Crippen molar-refractivity contribution in [2.75, 3.05) is 26.2 Å². The Morgan fingerprint density at radius 3 is 2.35 bits per heavy atom. The van der Waals surface area contributed by atoms with Gasteiger partial charge in [0.05, 0.1) is 0 Å². The topological polar surface area (TPSA) is 49.4 Å². The lowest BCUT2D eigenvalue weighted by Gasteiger charge is -2.39. The van der Waals surface area contributed by atoms with Gasteiger partial charge in [0.2, 0.25) is 5.91 Å². The summed E-state index contributed by atoms with van der Waals surface area (Å²) in [6.07, 6.45) is 5.09. The molecule has 2 aliphatic rings. The van der Waals surface area contributed by atoms with Crippen LogP contribution in [0, 0.1) is 11.3 Å². The van der Waals surface area contributed by atoms with E-state index in [1.165, 1.54) is 12.0 Å². The van der Waals surface area contributed by atoms with Crippen molar-refractivity contribution >= 4 is 11.7 Å². The van der Waals surface area contributed by atoms with E-state index in [0.717, 1.165) is 51.0 Å². The predicted molar refractivity (Wildman–Crippen MR) is 104 cm³/mol. The second-order valence-electron chi connectivity index (χ2n) is 8.53. The maximum Gasteiger partial charge on any atom is 0.223 e. The van der Waals surface area contributed by atoms with Gasteiger partial charge in [-0.2, -0.15) is 0 Å². The zero-order valence-electron chi connectivity index (χ0n) is 16.2. The minimum atomic E-state index is 0.0721. The molecule has 1 aromatic rings. The van der Waals surface area contributed by atoms with Crippen LogP contribution in [0.2, 0.25) is 0 Å². The summed E-state index contributed by atoms with van der Waals surface area (Å²) >= 11 is 0. The number of amides is 1. The number of hydrogen-bond acceptors (Lipinski definition) is 3. The number of rotatable bonds is 6. The number of carbonyl (C=O) groups excluding carboxylic acids is 2. The van der Waals surface area contributed by atoms with E-state index in [-0.39, 0.29) is 11.7 Å². The number of carbonyl (C=O) groups is 2. The van der Waals surface area contributed by atoms with Crippen LogP contribution in [-0.4, -0.2) is 42.8 Å². The Balaban J connectivity index is 1.44. The third-order valence-corrected chi connectivity index (χ3v) is 5.99. The van der Waals surface area contributed by atoms with Crippen molar-refractivity contribution < 1.29 is 9.59 Å². The van der Waals surface area contributed by atoms with Crippen molar-refractivity contribution in [3.05, 3.63) is 35.4 Å². The van der Waals surface area contributed by atoms with E-state index >= 15 is 0 Å². The van der Waals surface area contributed by atoms with E-state index in [1.807, 2.05) is 29.2 Å². The number of nitrogens with one attached hydrogen (secondary N) is 1. The Bertz CT molecular complexity index is 620. The van der Waals surface area contributed by atoms with Crippen molar-refractivity contribution in [2.24, 2.45) is 11.3 Å². The summed E-state index contributed by atoms with van der Waals surface area (Å²) in [5, 5.41) is 3.45. The molecule has 0 unspecified atom stereocenters. The van der Waals surface area contributed by atoms with Gasteiger partial charge in [0.25, 0.3) is 0 Å². The fourth-order valence-electron chi connectivity index (χ4n) is 4.27. The molecule has 2 aliphatic heterocycles. The van der Waals surface area contributed by atoms with Crippen LogP contribution in [0.5, 0.6) is 0 Å². The van der Waals surface area contributed by atoms with Crippen LogP contribution in [0.4, 0.5) is 0 Å². The second kappa shape index (κ2) is 8.34. The first-order valence-corrected chi connectivity index (χ1v) is 10.1. The molecule has 0 aromatic heterocycles. The van der Waals surface area contributed by atoms with Gasteiger partial charge in [-0.25, -0.2) is 0 Å². The quantitative estimate of drug-likeness (QED) is 0.794. The lowest BCUT2D eigenvalue weighted by molar-refractivity contribution is -0.133. The van der Waals surface area contributed by atoms with E-state index in [2.05, 4.69) is 19.2 Å². The fourth-order valence-corrected chi connectivity index (χ4v) is 4.27. The van der Waals surface area contributed by atoms with Crippen molar-refractivity contribution in [2.45, 2.75) is 52.4 Å². The van der Waals surface area contributed by atoms with Crippen LogP contribution in [0.25, 0.3) is 0 Å². The molecule has 1 spiro atoms. The molecule has 1 N–H and O–H groups in total. The number of nitrogens with zero attached hydrogens (tertiary/aromatic N) is 1. The molecule has 0 aliphatic carbocycles. The van der Waals surface area contributed by atoms with Crippen LogP contribution in [0.1, 0.15) is 61.9 Å². The smallest absolute Gasteiger partial charge is 0.223 e. The van der Waals surface area contributed by atoms with Gasteiger partial charge in [-0.15, -0.1) is 0 Å². The summed E-state index contributed by atoms with van der Waals surface area (Å²) in [6, 6.07) is 7.88. The predicted octanol–water partition coefficient (Wildman–Crippen LogP) is 3.45. The molecular formula is C22H32N2O2. The summed E-state index contributed by atoms with van der Waals surface area (Å²) in [5.41, 5.74) is 2.40.